The highest BCUT2D eigenvalue weighted by atomic mass is 16.5. The summed E-state index contributed by atoms with van der Waals surface area (Å²) in [4.78, 5) is 35.9. The average molecular weight is 515 g/mol. The van der Waals surface area contributed by atoms with Crippen molar-refractivity contribution < 1.29 is 14.3 Å². The summed E-state index contributed by atoms with van der Waals surface area (Å²) in [6.45, 7) is 4.86. The van der Waals surface area contributed by atoms with E-state index in [0.717, 1.165) is 71.9 Å². The number of rotatable bonds is 4. The summed E-state index contributed by atoms with van der Waals surface area (Å²) < 4.78 is 7.82. The Bertz CT molecular complexity index is 1370. The SMILES string of the molecule is CC(=O)N1CCc2c(c(-c3cccc4c3CC(=O)N(c3ccc(N(C)C)nc3)C4)nn2C2CCOCC2)C1. The number of anilines is 2. The minimum absolute atomic E-state index is 0.0486. The number of hydrogen-bond acceptors (Lipinski definition) is 6. The van der Waals surface area contributed by atoms with E-state index in [1.54, 1.807) is 13.1 Å². The molecule has 0 bridgehead atoms. The normalized spacial score (nSPS) is 17.8. The van der Waals surface area contributed by atoms with E-state index >= 15 is 0 Å². The van der Waals surface area contributed by atoms with Crippen molar-refractivity contribution in [3.8, 4) is 11.3 Å². The zero-order valence-electron chi connectivity index (χ0n) is 22.3. The van der Waals surface area contributed by atoms with Gasteiger partial charge in [0.15, 0.2) is 0 Å². The van der Waals surface area contributed by atoms with Crippen LogP contribution in [0.25, 0.3) is 11.3 Å². The largest absolute Gasteiger partial charge is 0.381 e. The van der Waals surface area contributed by atoms with Crippen molar-refractivity contribution in [3.05, 3.63) is 58.9 Å². The lowest BCUT2D eigenvalue weighted by Gasteiger charge is -2.30. The molecule has 1 fully saturated rings. The second-order valence-electron chi connectivity index (χ2n) is 10.6. The van der Waals surface area contributed by atoms with Gasteiger partial charge in [-0.2, -0.15) is 5.10 Å². The molecule has 0 aliphatic carbocycles. The zero-order chi connectivity index (χ0) is 26.4. The molecule has 1 saturated heterocycles. The van der Waals surface area contributed by atoms with Crippen molar-refractivity contribution in [3.63, 3.8) is 0 Å². The molecule has 198 valence electrons. The van der Waals surface area contributed by atoms with E-state index < -0.39 is 0 Å². The molecule has 9 heteroatoms. The first-order valence-corrected chi connectivity index (χ1v) is 13.4. The molecule has 0 N–H and O–H groups in total. The first-order chi connectivity index (χ1) is 18.4. The fraction of sp³-hybridized carbons (Fsp3) is 0.448. The molecule has 0 radical (unpaired) electrons. The first-order valence-electron chi connectivity index (χ1n) is 13.4. The van der Waals surface area contributed by atoms with E-state index in [2.05, 4.69) is 27.9 Å². The van der Waals surface area contributed by atoms with Crippen LogP contribution in [-0.2, 0) is 40.3 Å². The van der Waals surface area contributed by atoms with E-state index in [1.807, 2.05) is 40.9 Å². The highest BCUT2D eigenvalue weighted by molar-refractivity contribution is 5.97. The number of carbonyl (C=O) groups is 2. The zero-order valence-corrected chi connectivity index (χ0v) is 22.3. The van der Waals surface area contributed by atoms with Gasteiger partial charge in [-0.25, -0.2) is 4.98 Å². The number of benzene rings is 1. The van der Waals surface area contributed by atoms with Gasteiger partial charge in [0.2, 0.25) is 11.8 Å². The molecule has 3 aliphatic heterocycles. The topological polar surface area (TPSA) is 83.8 Å². The Morgan fingerprint density at radius 2 is 1.89 bits per heavy atom. The van der Waals surface area contributed by atoms with Crippen LogP contribution in [-0.4, -0.2) is 65.3 Å². The number of ether oxygens (including phenoxy) is 1. The van der Waals surface area contributed by atoms with E-state index in [0.29, 0.717) is 32.1 Å². The number of fused-ring (bicyclic) bond motifs is 2. The molecule has 3 aromatic rings. The lowest BCUT2D eigenvalue weighted by molar-refractivity contribution is -0.129. The van der Waals surface area contributed by atoms with Crippen LogP contribution in [0.3, 0.4) is 0 Å². The summed E-state index contributed by atoms with van der Waals surface area (Å²) in [5.41, 5.74) is 7.20. The van der Waals surface area contributed by atoms with Crippen LogP contribution in [0.1, 0.15) is 48.2 Å². The lowest BCUT2D eigenvalue weighted by atomic mass is 9.90. The maximum Gasteiger partial charge on any atom is 0.231 e. The van der Waals surface area contributed by atoms with Gasteiger partial charge in [0, 0.05) is 70.6 Å². The standard InChI is InChI=1S/C29H34N6O3/c1-19(36)33-12-9-26-25(18-33)29(31-35(26)21-10-13-38-14-11-21)23-6-4-5-20-17-34(28(37)15-24(20)23)22-7-8-27(30-16-22)32(2)3/h4-8,16,21H,9-15,17-18H2,1-3H3. The second kappa shape index (κ2) is 9.87. The van der Waals surface area contributed by atoms with Gasteiger partial charge >= 0.3 is 0 Å². The minimum atomic E-state index is 0.0486. The number of amides is 2. The highest BCUT2D eigenvalue weighted by Gasteiger charge is 2.33. The molecule has 38 heavy (non-hydrogen) atoms. The molecule has 9 nitrogen and oxygen atoms in total. The third-order valence-corrected chi connectivity index (χ3v) is 8.06. The summed E-state index contributed by atoms with van der Waals surface area (Å²) in [6, 6.07) is 10.4. The Labute approximate surface area is 223 Å². The van der Waals surface area contributed by atoms with Crippen LogP contribution in [0, 0.1) is 0 Å². The van der Waals surface area contributed by atoms with Crippen LogP contribution in [0.2, 0.25) is 0 Å². The summed E-state index contributed by atoms with van der Waals surface area (Å²) in [5.74, 6) is 0.980. The third-order valence-electron chi connectivity index (χ3n) is 8.06. The lowest BCUT2D eigenvalue weighted by Crippen LogP contribution is -2.36. The molecule has 3 aliphatic rings. The summed E-state index contributed by atoms with van der Waals surface area (Å²) in [6.07, 6.45) is 4.73. The first kappa shape index (κ1) is 24.6. The number of aromatic nitrogens is 3. The van der Waals surface area contributed by atoms with Crippen LogP contribution in [0.4, 0.5) is 11.5 Å². The van der Waals surface area contributed by atoms with Crippen LogP contribution < -0.4 is 9.80 Å². The molecule has 0 spiro atoms. The van der Waals surface area contributed by atoms with Gasteiger partial charge < -0.3 is 19.4 Å². The minimum Gasteiger partial charge on any atom is -0.381 e. The van der Waals surface area contributed by atoms with Crippen LogP contribution >= 0.6 is 0 Å². The third kappa shape index (κ3) is 4.34. The molecule has 0 saturated carbocycles. The quantitative estimate of drug-likeness (QED) is 0.531. The van der Waals surface area contributed by atoms with E-state index in [4.69, 9.17) is 9.84 Å². The van der Waals surface area contributed by atoms with Crippen molar-refractivity contribution in [2.24, 2.45) is 0 Å². The van der Waals surface area contributed by atoms with Crippen molar-refractivity contribution in [1.82, 2.24) is 19.7 Å². The smallest absolute Gasteiger partial charge is 0.231 e. The van der Waals surface area contributed by atoms with Gasteiger partial charge in [0.25, 0.3) is 0 Å². The predicted octanol–water partition coefficient (Wildman–Crippen LogP) is 3.36. The molecular formula is C29H34N6O3. The average Bonchev–Trinajstić information content (AvgIpc) is 3.31. The fourth-order valence-electron chi connectivity index (χ4n) is 5.92. The maximum atomic E-state index is 13.4. The van der Waals surface area contributed by atoms with Crippen molar-refractivity contribution in [1.29, 1.82) is 0 Å². The van der Waals surface area contributed by atoms with Crippen LogP contribution in [0.5, 0.6) is 0 Å². The van der Waals surface area contributed by atoms with Crippen molar-refractivity contribution in [2.75, 3.05) is 43.7 Å². The molecule has 0 unspecified atom stereocenters. The molecule has 2 amide bonds. The molecule has 5 heterocycles. The van der Waals surface area contributed by atoms with Gasteiger partial charge in [-0.05, 0) is 36.1 Å². The Morgan fingerprint density at radius 1 is 1.08 bits per heavy atom. The Kier molecular flexibility index (Phi) is 6.39. The number of pyridine rings is 1. The Balaban J connectivity index is 1.39. The number of nitrogens with zero attached hydrogens (tertiary/aromatic N) is 6. The molecule has 1 aromatic carbocycles. The van der Waals surface area contributed by atoms with Gasteiger partial charge in [-0.3, -0.25) is 14.3 Å². The predicted molar refractivity (Wildman–Crippen MR) is 145 cm³/mol. The number of hydrogen-bond donors (Lipinski definition) is 0. The molecule has 0 atom stereocenters. The van der Waals surface area contributed by atoms with Gasteiger partial charge in [-0.15, -0.1) is 0 Å². The Hall–Kier alpha value is -3.72. The van der Waals surface area contributed by atoms with Crippen molar-refractivity contribution >= 4 is 23.3 Å². The Morgan fingerprint density at radius 3 is 2.61 bits per heavy atom. The van der Waals surface area contributed by atoms with Crippen LogP contribution in [0.15, 0.2) is 36.5 Å². The van der Waals surface area contributed by atoms with Gasteiger partial charge in [-0.1, -0.05) is 18.2 Å². The van der Waals surface area contributed by atoms with E-state index in [1.165, 1.54) is 5.69 Å². The molecular weight excluding hydrogens is 480 g/mol. The molecule has 6 rings (SSSR count). The number of carbonyl (C=O) groups excluding carboxylic acids is 2. The van der Waals surface area contributed by atoms with Gasteiger partial charge in [0.05, 0.1) is 36.6 Å². The fourth-order valence-corrected chi connectivity index (χ4v) is 5.92. The monoisotopic (exact) mass is 514 g/mol. The van der Waals surface area contributed by atoms with E-state index in [-0.39, 0.29) is 11.8 Å². The van der Waals surface area contributed by atoms with Gasteiger partial charge in [0.1, 0.15) is 5.82 Å². The summed E-state index contributed by atoms with van der Waals surface area (Å²) in [5, 5.41) is 5.20. The summed E-state index contributed by atoms with van der Waals surface area (Å²) >= 11 is 0. The summed E-state index contributed by atoms with van der Waals surface area (Å²) in [7, 11) is 3.90. The van der Waals surface area contributed by atoms with E-state index in [9.17, 15) is 9.59 Å². The van der Waals surface area contributed by atoms with Crippen molar-refractivity contribution in [2.45, 2.75) is 51.7 Å². The molecule has 2 aromatic heterocycles. The highest BCUT2D eigenvalue weighted by Crippen LogP contribution is 2.38. The maximum absolute atomic E-state index is 13.4. The second-order valence-corrected chi connectivity index (χ2v) is 10.6.